The van der Waals surface area contributed by atoms with Crippen LogP contribution in [0.2, 0.25) is 0 Å². The van der Waals surface area contributed by atoms with Gasteiger partial charge in [0.05, 0.1) is 22.7 Å². The van der Waals surface area contributed by atoms with E-state index < -0.39 is 41.6 Å². The summed E-state index contributed by atoms with van der Waals surface area (Å²) in [5.41, 5.74) is 1.07. The molecule has 5 amide bonds. The maximum Gasteiger partial charge on any atom is 0.308 e. The summed E-state index contributed by atoms with van der Waals surface area (Å²) in [5, 5.41) is 11.4. The standard InChI is InChI=1S/C24H26N4O7/c29-18-5-4-17(20(30)25-18)28-22(32)15-2-1-3-16(19(15)23(28)33)26-9-6-13(7-10-26)21(31)27-11-8-14(12-27)24(34)35/h1-3,13-14,17H,4-12H2,(H,34,35)(H,25,29,30)/t14?,17-/m1/s1. The summed E-state index contributed by atoms with van der Waals surface area (Å²) in [6.45, 7) is 1.70. The first-order valence-electron chi connectivity index (χ1n) is 11.9. The van der Waals surface area contributed by atoms with Gasteiger partial charge < -0.3 is 14.9 Å². The minimum Gasteiger partial charge on any atom is -0.481 e. The summed E-state index contributed by atoms with van der Waals surface area (Å²) in [6, 6.07) is 4.00. The number of amides is 5. The molecule has 3 saturated heterocycles. The molecule has 4 aliphatic rings. The van der Waals surface area contributed by atoms with Crippen molar-refractivity contribution in [3.8, 4) is 0 Å². The van der Waals surface area contributed by atoms with Crippen LogP contribution in [0.5, 0.6) is 0 Å². The average Bonchev–Trinajstić information content (AvgIpc) is 3.43. The summed E-state index contributed by atoms with van der Waals surface area (Å²) in [5.74, 6) is -3.80. The van der Waals surface area contributed by atoms with Crippen molar-refractivity contribution in [3.05, 3.63) is 29.3 Å². The van der Waals surface area contributed by atoms with Crippen molar-refractivity contribution in [2.75, 3.05) is 31.1 Å². The quantitative estimate of drug-likeness (QED) is 0.581. The molecule has 3 fully saturated rings. The zero-order valence-corrected chi connectivity index (χ0v) is 19.1. The van der Waals surface area contributed by atoms with Gasteiger partial charge in [-0.15, -0.1) is 0 Å². The molecule has 0 radical (unpaired) electrons. The highest BCUT2D eigenvalue weighted by Gasteiger charge is 2.46. The number of carbonyl (C=O) groups excluding carboxylic acids is 5. The lowest BCUT2D eigenvalue weighted by Crippen LogP contribution is -2.54. The van der Waals surface area contributed by atoms with Crippen LogP contribution in [0, 0.1) is 11.8 Å². The number of piperidine rings is 2. The third-order valence-corrected chi connectivity index (χ3v) is 7.48. The molecular formula is C24H26N4O7. The summed E-state index contributed by atoms with van der Waals surface area (Å²) in [6.07, 6.45) is 1.72. The lowest BCUT2D eigenvalue weighted by atomic mass is 9.94. The lowest BCUT2D eigenvalue weighted by Gasteiger charge is -2.35. The first kappa shape index (κ1) is 23.0. The highest BCUT2D eigenvalue weighted by atomic mass is 16.4. The maximum atomic E-state index is 13.3. The summed E-state index contributed by atoms with van der Waals surface area (Å²) in [4.78, 5) is 78.9. The smallest absolute Gasteiger partial charge is 0.308 e. The Morgan fingerprint density at radius 3 is 2.29 bits per heavy atom. The Morgan fingerprint density at radius 1 is 0.914 bits per heavy atom. The van der Waals surface area contributed by atoms with Gasteiger partial charge in [0.1, 0.15) is 6.04 Å². The number of nitrogens with zero attached hydrogens (tertiary/aromatic N) is 3. The Kier molecular flexibility index (Phi) is 5.78. The third-order valence-electron chi connectivity index (χ3n) is 7.48. The Bertz CT molecular complexity index is 1140. The van der Waals surface area contributed by atoms with Crippen molar-refractivity contribution in [2.24, 2.45) is 11.8 Å². The number of hydrogen-bond donors (Lipinski definition) is 2. The molecule has 0 aromatic heterocycles. The highest BCUT2D eigenvalue weighted by Crippen LogP contribution is 2.36. The molecule has 4 aliphatic heterocycles. The third kappa shape index (κ3) is 3.94. The maximum absolute atomic E-state index is 13.3. The zero-order valence-electron chi connectivity index (χ0n) is 19.1. The second kappa shape index (κ2) is 8.79. The number of hydrogen-bond acceptors (Lipinski definition) is 7. The first-order chi connectivity index (χ1) is 16.8. The van der Waals surface area contributed by atoms with E-state index in [1.165, 1.54) is 0 Å². The van der Waals surface area contributed by atoms with Crippen molar-refractivity contribution in [2.45, 2.75) is 38.1 Å². The second-order valence-electron chi connectivity index (χ2n) is 9.52. The van der Waals surface area contributed by atoms with Crippen LogP contribution in [-0.2, 0) is 19.2 Å². The van der Waals surface area contributed by atoms with Gasteiger partial charge in [0.2, 0.25) is 17.7 Å². The minimum absolute atomic E-state index is 0.0259. The van der Waals surface area contributed by atoms with Crippen LogP contribution in [0.4, 0.5) is 5.69 Å². The van der Waals surface area contributed by atoms with E-state index in [0.717, 1.165) is 4.90 Å². The summed E-state index contributed by atoms with van der Waals surface area (Å²) < 4.78 is 0. The highest BCUT2D eigenvalue weighted by molar-refractivity contribution is 6.25. The van der Waals surface area contributed by atoms with Crippen LogP contribution in [0.3, 0.4) is 0 Å². The summed E-state index contributed by atoms with van der Waals surface area (Å²) in [7, 11) is 0. The Labute approximate surface area is 201 Å². The van der Waals surface area contributed by atoms with Crippen LogP contribution in [0.25, 0.3) is 0 Å². The van der Waals surface area contributed by atoms with Crippen LogP contribution in [0.15, 0.2) is 18.2 Å². The fourth-order valence-electron chi connectivity index (χ4n) is 5.55. The van der Waals surface area contributed by atoms with Gasteiger partial charge in [-0.3, -0.25) is 39.0 Å². The van der Waals surface area contributed by atoms with Gasteiger partial charge in [-0.05, 0) is 37.8 Å². The minimum atomic E-state index is -1.02. The van der Waals surface area contributed by atoms with Crippen molar-refractivity contribution >= 4 is 41.2 Å². The zero-order chi connectivity index (χ0) is 24.9. The SMILES string of the molecule is O=C1CC[C@@H](N2C(=O)c3cccc(N4CCC(C(=O)N5CCC(C(=O)O)C5)CC4)c3C2=O)C(=O)N1. The molecule has 0 bridgehead atoms. The van der Waals surface area contributed by atoms with Crippen molar-refractivity contribution in [1.82, 2.24) is 15.1 Å². The number of carboxylic acid groups (broad SMARTS) is 1. The fraction of sp³-hybridized carbons (Fsp3) is 0.500. The Morgan fingerprint density at radius 2 is 1.63 bits per heavy atom. The van der Waals surface area contributed by atoms with Gasteiger partial charge in [0.25, 0.3) is 11.8 Å². The number of fused-ring (bicyclic) bond motifs is 1. The normalized spacial score (nSPS) is 25.2. The Balaban J connectivity index is 1.29. The number of nitrogens with one attached hydrogen (secondary N) is 1. The molecule has 4 heterocycles. The van der Waals surface area contributed by atoms with Crippen LogP contribution >= 0.6 is 0 Å². The predicted octanol–water partition coefficient (Wildman–Crippen LogP) is 0.237. The average molecular weight is 482 g/mol. The number of anilines is 1. The lowest BCUT2D eigenvalue weighted by molar-refractivity contribution is -0.142. The fourth-order valence-corrected chi connectivity index (χ4v) is 5.55. The molecule has 1 aromatic carbocycles. The number of carbonyl (C=O) groups is 6. The van der Waals surface area contributed by atoms with Crippen molar-refractivity contribution < 1.29 is 33.9 Å². The molecule has 0 spiro atoms. The predicted molar refractivity (Wildman–Crippen MR) is 120 cm³/mol. The Hall–Kier alpha value is -3.76. The monoisotopic (exact) mass is 482 g/mol. The molecule has 11 nitrogen and oxygen atoms in total. The molecule has 11 heteroatoms. The molecule has 1 unspecified atom stereocenters. The van der Waals surface area contributed by atoms with E-state index in [0.29, 0.717) is 44.6 Å². The van der Waals surface area contributed by atoms with E-state index in [4.69, 9.17) is 0 Å². The van der Waals surface area contributed by atoms with Gasteiger partial charge in [0, 0.05) is 38.5 Å². The molecule has 1 aromatic rings. The molecule has 0 saturated carbocycles. The molecule has 2 N–H and O–H groups in total. The van der Waals surface area contributed by atoms with Crippen molar-refractivity contribution in [3.63, 3.8) is 0 Å². The molecule has 35 heavy (non-hydrogen) atoms. The van der Waals surface area contributed by atoms with Gasteiger partial charge in [-0.1, -0.05) is 6.07 Å². The van der Waals surface area contributed by atoms with Gasteiger partial charge in [-0.25, -0.2) is 0 Å². The van der Waals surface area contributed by atoms with Crippen LogP contribution in [-0.4, -0.2) is 82.6 Å². The van der Waals surface area contributed by atoms with E-state index in [2.05, 4.69) is 5.32 Å². The second-order valence-corrected chi connectivity index (χ2v) is 9.52. The van der Waals surface area contributed by atoms with Crippen LogP contribution in [0.1, 0.15) is 52.8 Å². The van der Waals surface area contributed by atoms with E-state index in [9.17, 15) is 33.9 Å². The van der Waals surface area contributed by atoms with Gasteiger partial charge >= 0.3 is 5.97 Å². The number of carboxylic acids is 1. The number of rotatable bonds is 4. The first-order valence-corrected chi connectivity index (χ1v) is 11.9. The van der Waals surface area contributed by atoms with E-state index in [1.54, 1.807) is 23.1 Å². The molecule has 184 valence electrons. The number of imide groups is 2. The molecule has 5 rings (SSSR count). The summed E-state index contributed by atoms with van der Waals surface area (Å²) >= 11 is 0. The van der Waals surface area contributed by atoms with Crippen LogP contribution < -0.4 is 10.2 Å². The number of likely N-dealkylation sites (tertiary alicyclic amines) is 1. The van der Waals surface area contributed by atoms with Gasteiger partial charge in [0.15, 0.2) is 0 Å². The topological polar surface area (TPSA) is 144 Å². The number of aliphatic carboxylic acids is 1. The van der Waals surface area contributed by atoms with Crippen molar-refractivity contribution in [1.29, 1.82) is 0 Å². The van der Waals surface area contributed by atoms with E-state index >= 15 is 0 Å². The van der Waals surface area contributed by atoms with Gasteiger partial charge in [-0.2, -0.15) is 0 Å². The molecular weight excluding hydrogens is 456 g/mol. The van der Waals surface area contributed by atoms with E-state index in [-0.39, 0.29) is 42.3 Å². The molecule has 0 aliphatic carbocycles. The largest absolute Gasteiger partial charge is 0.481 e. The van der Waals surface area contributed by atoms with E-state index in [1.807, 2.05) is 4.90 Å². The number of benzene rings is 1. The molecule has 2 atom stereocenters.